The maximum atomic E-state index is 12.9. The summed E-state index contributed by atoms with van der Waals surface area (Å²) in [5, 5.41) is 0. The van der Waals surface area contributed by atoms with Gasteiger partial charge in [-0.25, -0.2) is 8.42 Å². The van der Waals surface area contributed by atoms with Gasteiger partial charge in [0, 0.05) is 30.4 Å². The normalized spacial score (nSPS) is 13.7. The van der Waals surface area contributed by atoms with Crippen LogP contribution in [0.5, 0.6) is 11.5 Å². The molecule has 1 N–H and O–H groups in total. The maximum Gasteiger partial charge on any atom is 0.310 e. The summed E-state index contributed by atoms with van der Waals surface area (Å²) in [7, 11) is -2.62. The van der Waals surface area contributed by atoms with Gasteiger partial charge in [0.2, 0.25) is 0 Å². The average Bonchev–Trinajstić information content (AvgIpc) is 2.80. The van der Waals surface area contributed by atoms with Crippen LogP contribution in [0.4, 0.5) is 5.69 Å². The zero-order valence-corrected chi connectivity index (χ0v) is 19.0. The van der Waals surface area contributed by atoms with Crippen molar-refractivity contribution in [1.82, 2.24) is 4.90 Å². The van der Waals surface area contributed by atoms with Crippen LogP contribution in [-0.4, -0.2) is 58.6 Å². The molecule has 1 heterocycles. The zero-order chi connectivity index (χ0) is 23.3. The molecule has 172 valence electrons. The quantitative estimate of drug-likeness (QED) is 0.600. The van der Waals surface area contributed by atoms with Crippen molar-refractivity contribution in [3.05, 3.63) is 48.0 Å². The Bertz CT molecular complexity index is 1100. The number of methoxy groups -OCH3 is 1. The Kier molecular flexibility index (Phi) is 7.24. The molecule has 32 heavy (non-hydrogen) atoms. The molecule has 0 spiro atoms. The molecular formula is C22H26N2O7S. The smallest absolute Gasteiger partial charge is 0.310 e. The van der Waals surface area contributed by atoms with Gasteiger partial charge < -0.3 is 19.1 Å². The molecule has 0 saturated carbocycles. The number of nitrogens with one attached hydrogen (secondary N) is 1. The summed E-state index contributed by atoms with van der Waals surface area (Å²) in [4.78, 5) is 26.2. The lowest BCUT2D eigenvalue weighted by Gasteiger charge is -2.24. The molecule has 0 bridgehead atoms. The first-order valence-electron chi connectivity index (χ1n) is 10.1. The fourth-order valence-electron chi connectivity index (χ4n) is 3.27. The van der Waals surface area contributed by atoms with Gasteiger partial charge in [-0.05, 0) is 37.3 Å². The number of hydrogen-bond donors (Lipinski definition) is 1. The summed E-state index contributed by atoms with van der Waals surface area (Å²) in [6.45, 7) is 4.81. The Morgan fingerprint density at radius 1 is 1.12 bits per heavy atom. The van der Waals surface area contributed by atoms with E-state index in [0.29, 0.717) is 36.8 Å². The van der Waals surface area contributed by atoms with Gasteiger partial charge in [-0.3, -0.25) is 14.3 Å². The van der Waals surface area contributed by atoms with Crippen LogP contribution in [0.1, 0.15) is 24.2 Å². The van der Waals surface area contributed by atoms with Crippen LogP contribution >= 0.6 is 0 Å². The zero-order valence-electron chi connectivity index (χ0n) is 18.2. The third-order valence-corrected chi connectivity index (χ3v) is 6.33. The molecule has 1 aliphatic heterocycles. The van der Waals surface area contributed by atoms with E-state index in [9.17, 15) is 18.0 Å². The molecule has 10 heteroatoms. The van der Waals surface area contributed by atoms with Crippen molar-refractivity contribution in [1.29, 1.82) is 0 Å². The fraction of sp³-hybridized carbons (Fsp3) is 0.364. The molecule has 0 saturated heterocycles. The highest BCUT2D eigenvalue weighted by Crippen LogP contribution is 2.32. The number of anilines is 1. The number of carbonyl (C=O) groups is 2. The van der Waals surface area contributed by atoms with Gasteiger partial charge >= 0.3 is 5.97 Å². The van der Waals surface area contributed by atoms with Crippen LogP contribution in [-0.2, 0) is 19.6 Å². The van der Waals surface area contributed by atoms with E-state index in [2.05, 4.69) is 4.72 Å². The van der Waals surface area contributed by atoms with E-state index in [-0.39, 0.29) is 23.0 Å². The molecule has 1 aliphatic rings. The number of ether oxygens (including phenoxy) is 3. The summed E-state index contributed by atoms with van der Waals surface area (Å²) < 4.78 is 43.8. The molecule has 2 aromatic rings. The highest BCUT2D eigenvalue weighted by atomic mass is 32.2. The predicted octanol–water partition coefficient (Wildman–Crippen LogP) is 2.53. The van der Waals surface area contributed by atoms with Crippen molar-refractivity contribution in [2.24, 2.45) is 5.92 Å². The van der Waals surface area contributed by atoms with E-state index < -0.39 is 21.9 Å². The number of sulfonamides is 1. The largest absolute Gasteiger partial charge is 0.486 e. The van der Waals surface area contributed by atoms with Gasteiger partial charge in [0.25, 0.3) is 15.9 Å². The molecule has 0 radical (unpaired) electrons. The van der Waals surface area contributed by atoms with Crippen molar-refractivity contribution < 1.29 is 32.2 Å². The average molecular weight is 463 g/mol. The monoisotopic (exact) mass is 462 g/mol. The minimum Gasteiger partial charge on any atom is -0.486 e. The molecule has 1 amide bonds. The predicted molar refractivity (Wildman–Crippen MR) is 117 cm³/mol. The number of fused-ring (bicyclic) bond motifs is 1. The summed E-state index contributed by atoms with van der Waals surface area (Å²) in [5.74, 6) is -0.355. The number of amides is 1. The third kappa shape index (κ3) is 5.31. The summed E-state index contributed by atoms with van der Waals surface area (Å²) >= 11 is 0. The van der Waals surface area contributed by atoms with Crippen LogP contribution in [0.15, 0.2) is 47.4 Å². The SMILES string of the molecule is CCN(CC(C)C(=O)OC)C(=O)c1cccc(NS(=O)(=O)c2ccc3c(c2)OCCO3)c1. The molecular weight excluding hydrogens is 436 g/mol. The molecule has 9 nitrogen and oxygen atoms in total. The Morgan fingerprint density at radius 2 is 1.84 bits per heavy atom. The second-order valence-electron chi connectivity index (χ2n) is 7.26. The minimum atomic E-state index is -3.92. The first-order valence-corrected chi connectivity index (χ1v) is 11.6. The van der Waals surface area contributed by atoms with Gasteiger partial charge in [-0.15, -0.1) is 0 Å². The van der Waals surface area contributed by atoms with Gasteiger partial charge in [-0.1, -0.05) is 13.0 Å². The van der Waals surface area contributed by atoms with E-state index in [0.717, 1.165) is 0 Å². The lowest BCUT2D eigenvalue weighted by molar-refractivity contribution is -0.145. The number of esters is 1. The molecule has 1 atom stereocenters. The van der Waals surface area contributed by atoms with E-state index >= 15 is 0 Å². The van der Waals surface area contributed by atoms with E-state index in [1.54, 1.807) is 38.1 Å². The highest BCUT2D eigenvalue weighted by molar-refractivity contribution is 7.92. The van der Waals surface area contributed by atoms with Gasteiger partial charge in [-0.2, -0.15) is 0 Å². The van der Waals surface area contributed by atoms with Gasteiger partial charge in [0.15, 0.2) is 11.5 Å². The van der Waals surface area contributed by atoms with E-state index in [4.69, 9.17) is 14.2 Å². The van der Waals surface area contributed by atoms with E-state index in [1.807, 2.05) is 0 Å². The molecule has 0 aliphatic carbocycles. The molecule has 0 fully saturated rings. The molecule has 0 aromatic heterocycles. The molecule has 3 rings (SSSR count). The number of nitrogens with zero attached hydrogens (tertiary/aromatic N) is 1. The molecule has 1 unspecified atom stereocenters. The topological polar surface area (TPSA) is 111 Å². The van der Waals surface area contributed by atoms with Crippen LogP contribution in [0.2, 0.25) is 0 Å². The van der Waals surface area contributed by atoms with Crippen molar-refractivity contribution in [3.8, 4) is 11.5 Å². The minimum absolute atomic E-state index is 0.0144. The van der Waals surface area contributed by atoms with Crippen LogP contribution in [0, 0.1) is 5.92 Å². The van der Waals surface area contributed by atoms with Crippen molar-refractivity contribution in [2.45, 2.75) is 18.7 Å². The second kappa shape index (κ2) is 9.90. The number of carbonyl (C=O) groups excluding carboxylic acids is 2. The van der Waals surface area contributed by atoms with Crippen molar-refractivity contribution in [3.63, 3.8) is 0 Å². The lowest BCUT2D eigenvalue weighted by Crippen LogP contribution is -2.37. The van der Waals surface area contributed by atoms with Gasteiger partial charge in [0.1, 0.15) is 13.2 Å². The first-order chi connectivity index (χ1) is 15.2. The maximum absolute atomic E-state index is 12.9. The Morgan fingerprint density at radius 3 is 2.53 bits per heavy atom. The second-order valence-corrected chi connectivity index (χ2v) is 8.94. The Hall–Kier alpha value is -3.27. The van der Waals surface area contributed by atoms with Crippen molar-refractivity contribution in [2.75, 3.05) is 38.1 Å². The van der Waals surface area contributed by atoms with Crippen molar-refractivity contribution >= 4 is 27.6 Å². The van der Waals surface area contributed by atoms with Crippen LogP contribution < -0.4 is 14.2 Å². The standard InChI is InChI=1S/C22H26N2O7S/c1-4-24(14-15(2)22(26)29-3)21(25)16-6-5-7-17(12-16)23-32(27,28)18-8-9-19-20(13-18)31-11-10-30-19/h5-9,12-13,15,23H,4,10-11,14H2,1-3H3. The number of rotatable bonds is 8. The summed E-state index contributed by atoms with van der Waals surface area (Å²) in [6.07, 6.45) is 0. The summed E-state index contributed by atoms with van der Waals surface area (Å²) in [6, 6.07) is 10.6. The van der Waals surface area contributed by atoms with Crippen LogP contribution in [0.3, 0.4) is 0 Å². The van der Waals surface area contributed by atoms with Crippen LogP contribution in [0.25, 0.3) is 0 Å². The number of hydrogen-bond acceptors (Lipinski definition) is 7. The van der Waals surface area contributed by atoms with E-state index in [1.165, 1.54) is 30.2 Å². The molecule has 2 aromatic carbocycles. The Labute approximate surface area is 187 Å². The highest BCUT2D eigenvalue weighted by Gasteiger charge is 2.23. The lowest BCUT2D eigenvalue weighted by atomic mass is 10.1. The fourth-order valence-corrected chi connectivity index (χ4v) is 4.33. The first kappa shape index (κ1) is 23.4. The third-order valence-electron chi connectivity index (χ3n) is 4.95. The summed E-state index contributed by atoms with van der Waals surface area (Å²) in [5.41, 5.74) is 0.536. The van der Waals surface area contributed by atoms with Gasteiger partial charge in [0.05, 0.1) is 17.9 Å². The Balaban J connectivity index is 1.78. The number of benzene rings is 2.